The first-order valence-electron chi connectivity index (χ1n) is 7.58. The third kappa shape index (κ3) is 7.53. The summed E-state index contributed by atoms with van der Waals surface area (Å²) in [6.07, 6.45) is 4.72. The standard InChI is InChI=1S/C15H30N2O2/c1-5-9-17-10-6-7-13(8-11-17)16-12-14(18)19-15(2,3)4/h13,16H,5-12H2,1-4H3. The van der Waals surface area contributed by atoms with Crippen molar-refractivity contribution in [3.63, 3.8) is 0 Å². The molecule has 0 aliphatic carbocycles. The Kier molecular flexibility index (Phi) is 6.80. The Morgan fingerprint density at radius 3 is 2.68 bits per heavy atom. The van der Waals surface area contributed by atoms with Gasteiger partial charge in [0.1, 0.15) is 5.60 Å². The molecule has 0 amide bonds. The fourth-order valence-electron chi connectivity index (χ4n) is 2.51. The van der Waals surface area contributed by atoms with Gasteiger partial charge in [0.05, 0.1) is 6.54 Å². The van der Waals surface area contributed by atoms with Gasteiger partial charge in [-0.2, -0.15) is 0 Å². The number of likely N-dealkylation sites (tertiary alicyclic amines) is 1. The summed E-state index contributed by atoms with van der Waals surface area (Å²) in [7, 11) is 0. The maximum Gasteiger partial charge on any atom is 0.320 e. The number of esters is 1. The zero-order valence-corrected chi connectivity index (χ0v) is 13.0. The van der Waals surface area contributed by atoms with Crippen molar-refractivity contribution in [3.8, 4) is 0 Å². The molecule has 1 aliphatic rings. The Bertz CT molecular complexity index is 274. The van der Waals surface area contributed by atoms with E-state index in [2.05, 4.69) is 17.1 Å². The summed E-state index contributed by atoms with van der Waals surface area (Å²) < 4.78 is 5.31. The van der Waals surface area contributed by atoms with Gasteiger partial charge in [0, 0.05) is 6.04 Å². The third-order valence-electron chi connectivity index (χ3n) is 3.32. The van der Waals surface area contributed by atoms with Crippen LogP contribution >= 0.6 is 0 Å². The average Bonchev–Trinajstić information content (AvgIpc) is 2.50. The van der Waals surface area contributed by atoms with Crippen LogP contribution in [0.5, 0.6) is 0 Å². The van der Waals surface area contributed by atoms with Crippen LogP contribution in [0.4, 0.5) is 0 Å². The molecular formula is C15H30N2O2. The van der Waals surface area contributed by atoms with Gasteiger partial charge in [-0.25, -0.2) is 0 Å². The highest BCUT2D eigenvalue weighted by atomic mass is 16.6. The van der Waals surface area contributed by atoms with Crippen LogP contribution in [-0.4, -0.2) is 48.7 Å². The second-order valence-electron chi connectivity index (χ2n) is 6.44. The Labute approximate surface area is 117 Å². The molecule has 0 saturated carbocycles. The Morgan fingerprint density at radius 2 is 2.05 bits per heavy atom. The van der Waals surface area contributed by atoms with Crippen LogP contribution in [0.1, 0.15) is 53.4 Å². The number of nitrogens with one attached hydrogen (secondary N) is 1. The van der Waals surface area contributed by atoms with Crippen molar-refractivity contribution in [2.24, 2.45) is 0 Å². The number of ether oxygens (including phenoxy) is 1. The lowest BCUT2D eigenvalue weighted by molar-refractivity contribution is -0.153. The van der Waals surface area contributed by atoms with E-state index < -0.39 is 0 Å². The second-order valence-corrected chi connectivity index (χ2v) is 6.44. The molecule has 1 saturated heterocycles. The lowest BCUT2D eigenvalue weighted by Crippen LogP contribution is -2.37. The van der Waals surface area contributed by atoms with Crippen molar-refractivity contribution >= 4 is 5.97 Å². The van der Waals surface area contributed by atoms with Crippen molar-refractivity contribution in [3.05, 3.63) is 0 Å². The van der Waals surface area contributed by atoms with E-state index in [0.717, 1.165) is 19.4 Å². The van der Waals surface area contributed by atoms with Gasteiger partial charge < -0.3 is 15.0 Å². The number of hydrogen-bond acceptors (Lipinski definition) is 4. The molecule has 0 aromatic carbocycles. The number of rotatable bonds is 5. The second kappa shape index (κ2) is 7.85. The van der Waals surface area contributed by atoms with Crippen LogP contribution in [0.3, 0.4) is 0 Å². The molecule has 1 fully saturated rings. The highest BCUT2D eigenvalue weighted by Crippen LogP contribution is 2.12. The normalized spacial score (nSPS) is 22.0. The lowest BCUT2D eigenvalue weighted by atomic mass is 10.1. The van der Waals surface area contributed by atoms with Crippen LogP contribution in [-0.2, 0) is 9.53 Å². The van der Waals surface area contributed by atoms with E-state index >= 15 is 0 Å². The van der Waals surface area contributed by atoms with Crippen molar-refractivity contribution in [1.29, 1.82) is 0 Å². The summed E-state index contributed by atoms with van der Waals surface area (Å²) in [6, 6.07) is 0.453. The van der Waals surface area contributed by atoms with Crippen LogP contribution in [0.15, 0.2) is 0 Å². The predicted octanol–water partition coefficient (Wildman–Crippen LogP) is 2.18. The molecule has 1 unspecified atom stereocenters. The quantitative estimate of drug-likeness (QED) is 0.778. The van der Waals surface area contributed by atoms with Crippen LogP contribution in [0.25, 0.3) is 0 Å². The summed E-state index contributed by atoms with van der Waals surface area (Å²) in [5.74, 6) is -0.151. The van der Waals surface area contributed by atoms with Crippen molar-refractivity contribution in [2.45, 2.75) is 65.0 Å². The SMILES string of the molecule is CCCN1CCCC(NCC(=O)OC(C)(C)C)CC1. The van der Waals surface area contributed by atoms with E-state index in [9.17, 15) is 4.79 Å². The van der Waals surface area contributed by atoms with Crippen molar-refractivity contribution in [2.75, 3.05) is 26.2 Å². The minimum Gasteiger partial charge on any atom is -0.459 e. The van der Waals surface area contributed by atoms with Crippen molar-refractivity contribution in [1.82, 2.24) is 10.2 Å². The molecule has 1 atom stereocenters. The van der Waals surface area contributed by atoms with E-state index in [1.807, 2.05) is 20.8 Å². The van der Waals surface area contributed by atoms with Gasteiger partial charge in [0.2, 0.25) is 0 Å². The van der Waals surface area contributed by atoms with Gasteiger partial charge >= 0.3 is 5.97 Å². The fourth-order valence-corrected chi connectivity index (χ4v) is 2.51. The summed E-state index contributed by atoms with van der Waals surface area (Å²) in [5.41, 5.74) is -0.389. The van der Waals surface area contributed by atoms with E-state index in [1.165, 1.54) is 25.9 Å². The number of nitrogens with zero attached hydrogens (tertiary/aromatic N) is 1. The minimum absolute atomic E-state index is 0.151. The molecule has 0 bridgehead atoms. The molecule has 0 radical (unpaired) electrons. The highest BCUT2D eigenvalue weighted by Gasteiger charge is 2.19. The first kappa shape index (κ1) is 16.4. The van der Waals surface area contributed by atoms with Gasteiger partial charge in [0.25, 0.3) is 0 Å². The molecule has 0 aromatic heterocycles. The van der Waals surface area contributed by atoms with Crippen LogP contribution in [0.2, 0.25) is 0 Å². The smallest absolute Gasteiger partial charge is 0.320 e. The molecule has 4 heteroatoms. The van der Waals surface area contributed by atoms with Gasteiger partial charge in [-0.1, -0.05) is 6.92 Å². The van der Waals surface area contributed by atoms with Gasteiger partial charge in [0.15, 0.2) is 0 Å². The van der Waals surface area contributed by atoms with Gasteiger partial charge in [-0.05, 0) is 66.1 Å². The molecular weight excluding hydrogens is 240 g/mol. The molecule has 19 heavy (non-hydrogen) atoms. The Balaban J connectivity index is 2.24. The highest BCUT2D eigenvalue weighted by molar-refractivity contribution is 5.72. The molecule has 1 N–H and O–H groups in total. The summed E-state index contributed by atoms with van der Waals surface area (Å²) >= 11 is 0. The first-order valence-corrected chi connectivity index (χ1v) is 7.58. The molecule has 4 nitrogen and oxygen atoms in total. The average molecular weight is 270 g/mol. The first-order chi connectivity index (χ1) is 8.90. The minimum atomic E-state index is -0.389. The topological polar surface area (TPSA) is 41.6 Å². The van der Waals surface area contributed by atoms with Crippen molar-refractivity contribution < 1.29 is 9.53 Å². The summed E-state index contributed by atoms with van der Waals surface area (Å²) in [5, 5.41) is 3.35. The van der Waals surface area contributed by atoms with E-state index in [0.29, 0.717) is 12.6 Å². The summed E-state index contributed by atoms with van der Waals surface area (Å²) in [6.45, 7) is 11.8. The summed E-state index contributed by atoms with van der Waals surface area (Å²) in [4.78, 5) is 14.2. The largest absolute Gasteiger partial charge is 0.459 e. The van der Waals surface area contributed by atoms with E-state index in [4.69, 9.17) is 4.74 Å². The Morgan fingerprint density at radius 1 is 1.32 bits per heavy atom. The monoisotopic (exact) mass is 270 g/mol. The molecule has 0 spiro atoms. The Hall–Kier alpha value is -0.610. The van der Waals surface area contributed by atoms with E-state index in [-0.39, 0.29) is 11.6 Å². The molecule has 0 aromatic rings. The van der Waals surface area contributed by atoms with E-state index in [1.54, 1.807) is 0 Å². The van der Waals surface area contributed by atoms with Crippen LogP contribution < -0.4 is 5.32 Å². The molecule has 1 rings (SSSR count). The fraction of sp³-hybridized carbons (Fsp3) is 0.933. The zero-order chi connectivity index (χ0) is 14.3. The molecule has 112 valence electrons. The van der Waals surface area contributed by atoms with Gasteiger partial charge in [-0.3, -0.25) is 4.79 Å². The number of carbonyl (C=O) groups is 1. The lowest BCUT2D eigenvalue weighted by Gasteiger charge is -2.22. The molecule has 1 aliphatic heterocycles. The zero-order valence-electron chi connectivity index (χ0n) is 13.0. The maximum atomic E-state index is 11.7. The molecule has 1 heterocycles. The maximum absolute atomic E-state index is 11.7. The van der Waals surface area contributed by atoms with Crippen LogP contribution in [0, 0.1) is 0 Å². The number of carbonyl (C=O) groups excluding carboxylic acids is 1. The van der Waals surface area contributed by atoms with Gasteiger partial charge in [-0.15, -0.1) is 0 Å². The predicted molar refractivity (Wildman–Crippen MR) is 78.2 cm³/mol. The third-order valence-corrected chi connectivity index (χ3v) is 3.32. The number of hydrogen-bond donors (Lipinski definition) is 1.